The molecule has 0 saturated heterocycles. The molecule has 1 N–H and O–H groups in total. The van der Waals surface area contributed by atoms with Crippen molar-refractivity contribution in [3.05, 3.63) is 97.5 Å². The number of ether oxygens (including phenoxy) is 1. The van der Waals surface area contributed by atoms with Crippen molar-refractivity contribution in [3.8, 4) is 5.75 Å². The van der Waals surface area contributed by atoms with Crippen LogP contribution in [0.1, 0.15) is 11.1 Å². The van der Waals surface area contributed by atoms with Gasteiger partial charge < -0.3 is 10.1 Å². The van der Waals surface area contributed by atoms with Gasteiger partial charge in [0.2, 0.25) is 0 Å². The zero-order valence-corrected chi connectivity index (χ0v) is 16.5. The maximum atomic E-state index is 10.7. The summed E-state index contributed by atoms with van der Waals surface area (Å²) >= 11 is 9.41. The Balaban J connectivity index is 1.57. The fourth-order valence-electron chi connectivity index (χ4n) is 2.42. The van der Waals surface area contributed by atoms with Crippen molar-refractivity contribution >= 4 is 38.9 Å². The van der Waals surface area contributed by atoms with Crippen LogP contribution < -0.4 is 10.1 Å². The number of hydrogen-bond acceptors (Lipinski definition) is 4. The molecule has 0 spiro atoms. The van der Waals surface area contributed by atoms with E-state index >= 15 is 0 Å². The minimum absolute atomic E-state index is 0.0671. The van der Waals surface area contributed by atoms with Gasteiger partial charge in [-0.05, 0) is 75.6 Å². The molecule has 0 aliphatic carbocycles. The van der Waals surface area contributed by atoms with Crippen molar-refractivity contribution < 1.29 is 9.66 Å². The zero-order valence-electron chi connectivity index (χ0n) is 14.2. The van der Waals surface area contributed by atoms with Gasteiger partial charge in [-0.1, -0.05) is 17.7 Å². The Morgan fingerprint density at radius 1 is 1.00 bits per heavy atom. The second kappa shape index (κ2) is 8.88. The Labute approximate surface area is 170 Å². The van der Waals surface area contributed by atoms with E-state index in [4.69, 9.17) is 16.3 Å². The summed E-state index contributed by atoms with van der Waals surface area (Å²) in [5.41, 5.74) is 3.02. The number of benzene rings is 3. The van der Waals surface area contributed by atoms with Crippen LogP contribution in [0.2, 0.25) is 5.02 Å². The highest BCUT2D eigenvalue weighted by Crippen LogP contribution is 2.27. The standard InChI is InChI=1S/C20H16BrClN2O3/c21-19-11-15(12-23-17-6-4-16(22)5-7-17)3-10-20(19)27-13-14-1-8-18(9-2-14)24(25)26/h1-11,23H,12-13H2. The van der Waals surface area contributed by atoms with Gasteiger partial charge in [0.15, 0.2) is 0 Å². The molecule has 0 bridgehead atoms. The first kappa shape index (κ1) is 19.2. The van der Waals surface area contributed by atoms with Gasteiger partial charge in [0.1, 0.15) is 12.4 Å². The zero-order chi connectivity index (χ0) is 19.2. The van der Waals surface area contributed by atoms with E-state index in [1.54, 1.807) is 12.1 Å². The number of halogens is 2. The molecular weight excluding hydrogens is 432 g/mol. The molecule has 0 aliphatic rings. The van der Waals surface area contributed by atoms with Gasteiger partial charge in [0.05, 0.1) is 9.40 Å². The van der Waals surface area contributed by atoms with Crippen molar-refractivity contribution in [3.63, 3.8) is 0 Å². The number of anilines is 1. The highest BCUT2D eigenvalue weighted by molar-refractivity contribution is 9.10. The summed E-state index contributed by atoms with van der Waals surface area (Å²) in [5, 5.41) is 14.7. The average molecular weight is 448 g/mol. The highest BCUT2D eigenvalue weighted by atomic mass is 79.9. The lowest BCUT2D eigenvalue weighted by Crippen LogP contribution is -2.00. The number of rotatable bonds is 7. The van der Waals surface area contributed by atoms with Crippen LogP contribution in [0.15, 0.2) is 71.2 Å². The molecular formula is C20H16BrClN2O3. The van der Waals surface area contributed by atoms with E-state index in [9.17, 15) is 10.1 Å². The molecule has 0 amide bonds. The van der Waals surface area contributed by atoms with E-state index in [2.05, 4.69) is 21.2 Å². The highest BCUT2D eigenvalue weighted by Gasteiger charge is 2.06. The normalized spacial score (nSPS) is 10.4. The van der Waals surface area contributed by atoms with Crippen molar-refractivity contribution in [1.29, 1.82) is 0 Å². The van der Waals surface area contributed by atoms with Gasteiger partial charge in [0, 0.05) is 29.4 Å². The van der Waals surface area contributed by atoms with E-state index in [0.717, 1.165) is 21.3 Å². The molecule has 3 aromatic carbocycles. The summed E-state index contributed by atoms with van der Waals surface area (Å²) in [7, 11) is 0. The predicted octanol–water partition coefficient (Wildman–Crippen LogP) is 6.20. The largest absolute Gasteiger partial charge is 0.488 e. The molecule has 0 saturated carbocycles. The van der Waals surface area contributed by atoms with E-state index in [0.29, 0.717) is 23.9 Å². The van der Waals surface area contributed by atoms with Crippen molar-refractivity contribution in [2.45, 2.75) is 13.2 Å². The number of non-ortho nitro benzene ring substituents is 1. The Bertz CT molecular complexity index is 931. The summed E-state index contributed by atoms with van der Waals surface area (Å²) in [6, 6.07) is 19.7. The second-order valence-corrected chi connectivity index (χ2v) is 7.13. The van der Waals surface area contributed by atoms with Gasteiger partial charge in [-0.15, -0.1) is 0 Å². The Morgan fingerprint density at radius 3 is 2.30 bits per heavy atom. The van der Waals surface area contributed by atoms with Gasteiger partial charge in [-0.3, -0.25) is 10.1 Å². The molecule has 3 rings (SSSR count). The monoisotopic (exact) mass is 446 g/mol. The van der Waals surface area contributed by atoms with E-state index in [1.165, 1.54) is 12.1 Å². The molecule has 138 valence electrons. The fraction of sp³-hybridized carbons (Fsp3) is 0.100. The second-order valence-electron chi connectivity index (χ2n) is 5.84. The summed E-state index contributed by atoms with van der Waals surface area (Å²) in [6.45, 7) is 1.00. The lowest BCUT2D eigenvalue weighted by atomic mass is 10.2. The first-order valence-electron chi connectivity index (χ1n) is 8.15. The first-order valence-corrected chi connectivity index (χ1v) is 9.32. The number of nitrogens with zero attached hydrogens (tertiary/aromatic N) is 1. The quantitative estimate of drug-likeness (QED) is 0.346. The summed E-state index contributed by atoms with van der Waals surface area (Å²) in [4.78, 5) is 10.3. The van der Waals surface area contributed by atoms with Crippen molar-refractivity contribution in [2.75, 3.05) is 5.32 Å². The van der Waals surface area contributed by atoms with E-state index in [-0.39, 0.29) is 5.69 Å². The number of nitro benzene ring substituents is 1. The third-order valence-electron chi connectivity index (χ3n) is 3.88. The molecule has 0 aromatic heterocycles. The SMILES string of the molecule is O=[N+]([O-])c1ccc(COc2ccc(CNc3ccc(Cl)cc3)cc2Br)cc1. The smallest absolute Gasteiger partial charge is 0.269 e. The Kier molecular flexibility index (Phi) is 6.32. The fourth-order valence-corrected chi connectivity index (χ4v) is 3.08. The molecule has 0 aliphatic heterocycles. The molecule has 0 fully saturated rings. The van der Waals surface area contributed by atoms with Crippen LogP contribution in [0.3, 0.4) is 0 Å². The molecule has 0 atom stereocenters. The molecule has 7 heteroatoms. The van der Waals surface area contributed by atoms with Crippen LogP contribution in [0.25, 0.3) is 0 Å². The first-order chi connectivity index (χ1) is 13.0. The molecule has 3 aromatic rings. The van der Waals surface area contributed by atoms with Crippen LogP contribution in [-0.2, 0) is 13.2 Å². The third-order valence-corrected chi connectivity index (χ3v) is 4.75. The van der Waals surface area contributed by atoms with Gasteiger partial charge in [0.25, 0.3) is 5.69 Å². The molecule has 27 heavy (non-hydrogen) atoms. The van der Waals surface area contributed by atoms with Crippen molar-refractivity contribution in [1.82, 2.24) is 0 Å². The van der Waals surface area contributed by atoms with Gasteiger partial charge >= 0.3 is 0 Å². The van der Waals surface area contributed by atoms with Crippen LogP contribution in [0.5, 0.6) is 5.75 Å². The topological polar surface area (TPSA) is 64.4 Å². The molecule has 5 nitrogen and oxygen atoms in total. The van der Waals surface area contributed by atoms with Crippen molar-refractivity contribution in [2.24, 2.45) is 0 Å². The molecule has 0 unspecified atom stereocenters. The van der Waals surface area contributed by atoms with Crippen LogP contribution in [-0.4, -0.2) is 4.92 Å². The van der Waals surface area contributed by atoms with Crippen LogP contribution in [0, 0.1) is 10.1 Å². The number of nitrogens with one attached hydrogen (secondary N) is 1. The number of nitro groups is 1. The minimum atomic E-state index is -0.419. The summed E-state index contributed by atoms with van der Waals surface area (Å²) < 4.78 is 6.65. The summed E-state index contributed by atoms with van der Waals surface area (Å²) in [5.74, 6) is 0.712. The Hall–Kier alpha value is -2.57. The number of hydrogen-bond donors (Lipinski definition) is 1. The van der Waals surface area contributed by atoms with Gasteiger partial charge in [-0.2, -0.15) is 0 Å². The lowest BCUT2D eigenvalue weighted by Gasteiger charge is -2.11. The average Bonchev–Trinajstić information content (AvgIpc) is 2.67. The maximum Gasteiger partial charge on any atom is 0.269 e. The van der Waals surface area contributed by atoms with Gasteiger partial charge in [-0.25, -0.2) is 0 Å². The molecule has 0 radical (unpaired) electrons. The third kappa shape index (κ3) is 5.45. The Morgan fingerprint density at radius 2 is 1.67 bits per heavy atom. The predicted molar refractivity (Wildman–Crippen MR) is 110 cm³/mol. The lowest BCUT2D eigenvalue weighted by molar-refractivity contribution is -0.384. The van der Waals surface area contributed by atoms with E-state index < -0.39 is 4.92 Å². The van der Waals surface area contributed by atoms with Crippen LogP contribution in [0.4, 0.5) is 11.4 Å². The minimum Gasteiger partial charge on any atom is -0.488 e. The van der Waals surface area contributed by atoms with Crippen LogP contribution >= 0.6 is 27.5 Å². The maximum absolute atomic E-state index is 10.7. The van der Waals surface area contributed by atoms with E-state index in [1.807, 2.05) is 42.5 Å². The summed E-state index contributed by atoms with van der Waals surface area (Å²) in [6.07, 6.45) is 0. The molecule has 0 heterocycles.